The Labute approximate surface area is 784 Å². The molecule has 0 saturated carbocycles. The summed E-state index contributed by atoms with van der Waals surface area (Å²) >= 11 is 0. The van der Waals surface area contributed by atoms with Gasteiger partial charge in [-0.1, -0.05) is 231 Å². The molecule has 29 nitrogen and oxygen atoms in total. The van der Waals surface area contributed by atoms with Crippen molar-refractivity contribution in [1.82, 2.24) is 67.4 Å². The fourth-order valence-corrected chi connectivity index (χ4v) is 15.3. The van der Waals surface area contributed by atoms with E-state index in [0.29, 0.717) is 120 Å². The summed E-state index contributed by atoms with van der Waals surface area (Å²) < 4.78 is 27.8. The molecule has 694 valence electrons. The van der Waals surface area contributed by atoms with Gasteiger partial charge in [0.1, 0.15) is 23.0 Å². The number of amides is 5. The van der Waals surface area contributed by atoms with Crippen molar-refractivity contribution in [2.45, 2.75) is 57.4 Å². The van der Waals surface area contributed by atoms with Crippen LogP contribution in [0.4, 0.5) is 0 Å². The third kappa shape index (κ3) is 24.5. The Hall–Kier alpha value is -16.3. The van der Waals surface area contributed by atoms with Crippen LogP contribution in [0.1, 0.15) is 162 Å². The van der Waals surface area contributed by atoms with Gasteiger partial charge in [0.15, 0.2) is 0 Å². The molecule has 4 aromatic heterocycles. The van der Waals surface area contributed by atoms with E-state index in [0.717, 1.165) is 78.1 Å². The summed E-state index contributed by atoms with van der Waals surface area (Å²) in [6, 6.07) is 80.2. The Morgan fingerprint density at radius 3 is 0.897 bits per heavy atom. The van der Waals surface area contributed by atoms with E-state index in [2.05, 4.69) is 67.4 Å². The highest BCUT2D eigenvalue weighted by Crippen LogP contribution is 2.38. The number of rotatable bonds is 34. The van der Waals surface area contributed by atoms with Gasteiger partial charge in [-0.2, -0.15) is 20.4 Å². The number of aliphatic hydroxyl groups is 5. The largest absolute Gasteiger partial charge is 0.495 e. The Morgan fingerprint density at radius 1 is 0.331 bits per heavy atom. The number of nitrogens with zero attached hydrogens (tertiary/aromatic N) is 4. The molecule has 0 aliphatic carbocycles. The van der Waals surface area contributed by atoms with Gasteiger partial charge in [0.05, 0.1) is 181 Å². The van der Waals surface area contributed by atoms with Crippen molar-refractivity contribution < 1.29 is 73.2 Å². The molecule has 0 saturated heterocycles. The number of carbonyl (C=O) groups excluding carboxylic acids is 5. The van der Waals surface area contributed by atoms with Crippen LogP contribution in [-0.4, -0.2) is 158 Å². The first-order valence-electron chi connectivity index (χ1n) is 43.6. The number of methoxy groups -OCH3 is 5. The number of hydrogen-bond donors (Lipinski definition) is 15. The third-order valence-electron chi connectivity index (χ3n) is 22.2. The number of aliphatic hydroxyl groups excluding tert-OH is 5. The average molecular weight is 1830 g/mol. The van der Waals surface area contributed by atoms with Crippen LogP contribution in [0.25, 0.3) is 92.2 Å². The van der Waals surface area contributed by atoms with E-state index in [1.54, 1.807) is 55.6 Å². The minimum absolute atomic E-state index is 0.00136. The fourth-order valence-electron chi connectivity index (χ4n) is 15.3. The molecule has 0 spiro atoms. The first-order valence-corrected chi connectivity index (χ1v) is 43.6. The van der Waals surface area contributed by atoms with Crippen LogP contribution in [0.5, 0.6) is 23.0 Å². The van der Waals surface area contributed by atoms with Gasteiger partial charge in [0, 0.05) is 27.1 Å². The van der Waals surface area contributed by atoms with Crippen LogP contribution in [-0.2, 0) is 35.8 Å². The topological polar surface area (TPSA) is 434 Å². The van der Waals surface area contributed by atoms with Crippen LogP contribution in [0.3, 0.4) is 0 Å². The van der Waals surface area contributed by atoms with Crippen LogP contribution >= 0.6 is 0 Å². The third-order valence-corrected chi connectivity index (χ3v) is 22.2. The predicted octanol–water partition coefficient (Wildman–Crippen LogP) is 15.6. The van der Waals surface area contributed by atoms with E-state index in [9.17, 15) is 49.5 Å². The lowest BCUT2D eigenvalue weighted by Gasteiger charge is -2.18. The molecule has 5 amide bonds. The molecular weight excluding hydrogens is 1720 g/mol. The fraction of sp³-hybridized carbons (Fsp3) is 0.168. The number of carbonyl (C=O) groups is 5. The molecule has 0 fully saturated rings. The first-order chi connectivity index (χ1) is 66.4. The standard InChI is InChI=1S/C28H28N4O4.C27H27N3O4.C26H26N4O3.C26H25N3O4/c1-18(34)29-16-20-8-6-7-19(15-20)11-13-23-26-24(32-31-23)14-12-22(27(26)36-2)28(35)30-25(17-33)21-9-4-3-5-10-21;1-33-17-19-8-6-7-18(15-19)11-13-22-25-23(30-29-22)14-12-21(26(25)34-2)27(32)28-24(16-31)20-9-4-3-5-10-20;1-33-25-20(26(32)28-23(16-31)19-8-3-2-4-9-19)11-13-22-24(25)21(29-30-22)12-10-17-6-5-7-18(14-17)15-27;1-33-25-20(26(32)27-23(16-31)19-5-3-2-4-6-19)12-14-22-24(25)21(28-29-22)13-11-17-7-9-18(15-30)10-8-17/h3-15,25,33H,16-17H2,1-2H3,(H,29,34)(H,30,35)(H,31,32);3-15,24,31H,16-17H2,1-2H3,(H,28,32)(H,29,30);2-14,23,31H,15-16,27H2,1H3,(H,28,32)(H,29,30);2-14,23,30-31H,15-16H2,1H3,(H,27,32)(H,28,29)/b2*13-11+;12-10+;13-11+/t25-;24-;2*23-/m1111/s1. The minimum atomic E-state index is -0.549. The highest BCUT2D eigenvalue weighted by molar-refractivity contribution is 6.09. The second kappa shape index (κ2) is 48.2. The van der Waals surface area contributed by atoms with E-state index >= 15 is 0 Å². The van der Waals surface area contributed by atoms with Crippen molar-refractivity contribution >= 4 is 122 Å². The van der Waals surface area contributed by atoms with Crippen molar-refractivity contribution in [3.63, 3.8) is 0 Å². The van der Waals surface area contributed by atoms with Gasteiger partial charge < -0.3 is 81.5 Å². The molecule has 12 aromatic carbocycles. The zero-order valence-corrected chi connectivity index (χ0v) is 75.7. The normalized spacial score (nSPS) is 12.1. The highest BCUT2D eigenvalue weighted by atomic mass is 16.5. The zero-order chi connectivity index (χ0) is 95.8. The molecule has 136 heavy (non-hydrogen) atoms. The van der Waals surface area contributed by atoms with Gasteiger partial charge in [-0.05, 0) is 152 Å². The van der Waals surface area contributed by atoms with E-state index in [-0.39, 0.29) is 62.6 Å². The summed E-state index contributed by atoms with van der Waals surface area (Å²) in [4.78, 5) is 63.8. The zero-order valence-electron chi connectivity index (χ0n) is 75.7. The van der Waals surface area contributed by atoms with Gasteiger partial charge >= 0.3 is 0 Å². The monoisotopic (exact) mass is 1830 g/mol. The summed E-state index contributed by atoms with van der Waals surface area (Å²) in [5, 5.41) is 95.1. The number of aromatic nitrogens is 8. The Morgan fingerprint density at radius 2 is 0.618 bits per heavy atom. The molecule has 16 rings (SSSR count). The van der Waals surface area contributed by atoms with Crippen LogP contribution < -0.4 is 51.3 Å². The quantitative estimate of drug-likeness (QED) is 0.0178. The van der Waals surface area contributed by atoms with E-state index < -0.39 is 24.2 Å². The van der Waals surface area contributed by atoms with Gasteiger partial charge in [0.25, 0.3) is 23.6 Å². The molecular formula is C107H106N14O15. The van der Waals surface area contributed by atoms with E-state index in [1.807, 2.05) is 267 Å². The molecule has 0 unspecified atom stereocenters. The second-order valence-electron chi connectivity index (χ2n) is 31.2. The molecule has 16 aromatic rings. The summed E-state index contributed by atoms with van der Waals surface area (Å²) in [6.07, 6.45) is 15.3. The second-order valence-corrected chi connectivity index (χ2v) is 31.2. The summed E-state index contributed by atoms with van der Waals surface area (Å²) in [5.74, 6) is 0.140. The lowest BCUT2D eigenvalue weighted by Crippen LogP contribution is -2.31. The van der Waals surface area contributed by atoms with Crippen molar-refractivity contribution in [2.24, 2.45) is 5.73 Å². The van der Waals surface area contributed by atoms with Crippen LogP contribution in [0.15, 0.2) is 267 Å². The number of benzene rings is 12. The maximum Gasteiger partial charge on any atom is 0.255 e. The number of aromatic amines is 4. The number of nitrogens with one attached hydrogen (secondary N) is 9. The lowest BCUT2D eigenvalue weighted by atomic mass is 10.0. The SMILES string of the molecule is COCc1cccc(/C=C/c2[nH]nc3ccc(C(=O)N[C@H](CO)c4ccccc4)c(OC)c23)c1.COc1c(C(=O)N[C@H](CO)c2ccccc2)ccc2n[nH]c(/C=C/c3ccc(CO)cc3)c12.COc1c(C(=O)N[C@H](CO)c2ccccc2)ccc2n[nH]c(/C=C/c3cccc(CN)c3)c12.COc1c(C(=O)N[C@H](CO)c2ccccc2)ccc2n[nH]c(/C=C/c3cccc(CNC(C)=O)c3)c12. The molecule has 0 bridgehead atoms. The maximum atomic E-state index is 13.2. The van der Waals surface area contributed by atoms with Gasteiger partial charge in [-0.15, -0.1) is 0 Å². The number of hydrogen-bond acceptors (Lipinski definition) is 20. The summed E-state index contributed by atoms with van der Waals surface area (Å²) in [6.45, 7) is 2.05. The molecule has 0 aliphatic heterocycles. The van der Waals surface area contributed by atoms with Gasteiger partial charge in [-0.3, -0.25) is 44.4 Å². The minimum Gasteiger partial charge on any atom is -0.495 e. The van der Waals surface area contributed by atoms with Crippen molar-refractivity contribution in [3.05, 3.63) is 379 Å². The number of H-pyrrole nitrogens is 4. The molecule has 0 radical (unpaired) electrons. The smallest absolute Gasteiger partial charge is 0.255 e. The molecule has 0 aliphatic rings. The maximum absolute atomic E-state index is 13.2. The first kappa shape index (κ1) is 97.3. The Kier molecular flexibility index (Phi) is 34.5. The van der Waals surface area contributed by atoms with Gasteiger partial charge in [0.2, 0.25) is 5.91 Å². The lowest BCUT2D eigenvalue weighted by molar-refractivity contribution is -0.119. The Balaban J connectivity index is 0.000000153. The summed E-state index contributed by atoms with van der Waals surface area (Å²) in [5.41, 5.74) is 23.8. The van der Waals surface area contributed by atoms with Crippen molar-refractivity contribution in [1.29, 1.82) is 0 Å². The van der Waals surface area contributed by atoms with E-state index in [1.165, 1.54) is 35.4 Å². The number of nitrogens with two attached hydrogens (primary N) is 1. The predicted molar refractivity (Wildman–Crippen MR) is 529 cm³/mol. The highest BCUT2D eigenvalue weighted by Gasteiger charge is 2.28. The number of ether oxygens (including phenoxy) is 5. The van der Waals surface area contributed by atoms with Crippen LogP contribution in [0.2, 0.25) is 0 Å². The van der Waals surface area contributed by atoms with E-state index in [4.69, 9.17) is 29.4 Å². The summed E-state index contributed by atoms with van der Waals surface area (Å²) in [7, 11) is 7.75. The number of fused-ring (bicyclic) bond motifs is 4. The van der Waals surface area contributed by atoms with Crippen molar-refractivity contribution in [3.8, 4) is 23.0 Å². The molecule has 29 heteroatoms. The average Bonchev–Trinajstić information content (AvgIpc) is 1.66. The van der Waals surface area contributed by atoms with Crippen LogP contribution in [0, 0.1) is 0 Å². The van der Waals surface area contributed by atoms with Crippen molar-refractivity contribution in [2.75, 3.05) is 62.0 Å². The molecule has 16 N–H and O–H groups in total. The van der Waals surface area contributed by atoms with Gasteiger partial charge in [-0.25, -0.2) is 0 Å². The molecule has 4 heterocycles. The Bertz CT molecular complexity index is 6880. The molecule has 4 atom stereocenters.